The number of hydrogen-bond acceptors (Lipinski definition) is 1. The normalized spacial score (nSPS) is 23.9. The summed E-state index contributed by atoms with van der Waals surface area (Å²) in [5, 5.41) is 0. The van der Waals surface area contributed by atoms with E-state index in [0.29, 0.717) is 17.8 Å². The summed E-state index contributed by atoms with van der Waals surface area (Å²) < 4.78 is 3.44. The van der Waals surface area contributed by atoms with E-state index < -0.39 is 0 Å². The van der Waals surface area contributed by atoms with Crippen molar-refractivity contribution in [1.29, 1.82) is 0 Å². The van der Waals surface area contributed by atoms with Crippen LogP contribution in [0, 0.1) is 5.92 Å². The first-order valence-electron chi connectivity index (χ1n) is 6.43. The highest BCUT2D eigenvalue weighted by Gasteiger charge is 2.28. The number of alkyl halides is 1. The van der Waals surface area contributed by atoms with Gasteiger partial charge in [0.05, 0.1) is 16.9 Å². The van der Waals surface area contributed by atoms with Gasteiger partial charge in [0.25, 0.3) is 0 Å². The third-order valence-electron chi connectivity index (χ3n) is 3.99. The Hall–Kier alpha value is -0.540. The van der Waals surface area contributed by atoms with Crippen molar-refractivity contribution < 1.29 is 0 Å². The zero-order chi connectivity index (χ0) is 12.7. The van der Waals surface area contributed by atoms with Gasteiger partial charge >= 0.3 is 0 Å². The molecular formula is C14H16BrClN2. The number of hydrogen-bond donors (Lipinski definition) is 0. The van der Waals surface area contributed by atoms with Crippen molar-refractivity contribution in [1.82, 2.24) is 9.55 Å². The largest absolute Gasteiger partial charge is 0.324 e. The second-order valence-electron chi connectivity index (χ2n) is 5.14. The molecule has 0 radical (unpaired) electrons. The predicted octanol–water partition coefficient (Wildman–Crippen LogP) is 4.90. The first kappa shape index (κ1) is 12.5. The average Bonchev–Trinajstić information content (AvgIpc) is 2.91. The van der Waals surface area contributed by atoms with E-state index in [1.54, 1.807) is 0 Å². The number of rotatable bonds is 2. The lowest BCUT2D eigenvalue weighted by atomic mass is 10.1. The number of halogens is 2. The monoisotopic (exact) mass is 326 g/mol. The molecule has 1 aliphatic carbocycles. The molecule has 1 aromatic heterocycles. The highest BCUT2D eigenvalue weighted by atomic mass is 79.9. The third kappa shape index (κ3) is 1.97. The maximum Gasteiger partial charge on any atom is 0.125 e. The smallest absolute Gasteiger partial charge is 0.125 e. The summed E-state index contributed by atoms with van der Waals surface area (Å²) in [6.45, 7) is 2.33. The minimum absolute atomic E-state index is 0.482. The molecule has 1 heterocycles. The molecule has 96 valence electrons. The average molecular weight is 328 g/mol. The van der Waals surface area contributed by atoms with Crippen LogP contribution in [0.1, 0.15) is 38.1 Å². The fraction of sp³-hybridized carbons (Fsp3) is 0.500. The first-order chi connectivity index (χ1) is 8.70. The predicted molar refractivity (Wildman–Crippen MR) is 79.0 cm³/mol. The van der Waals surface area contributed by atoms with E-state index in [2.05, 4.69) is 50.6 Å². The quantitative estimate of drug-likeness (QED) is 0.717. The van der Waals surface area contributed by atoms with E-state index in [0.717, 1.165) is 15.8 Å². The SMILES string of the molecule is CC1CCCC1n1c(CCl)nc2cc(Br)ccc21. The molecule has 4 heteroatoms. The van der Waals surface area contributed by atoms with E-state index in [-0.39, 0.29) is 0 Å². The van der Waals surface area contributed by atoms with Crippen molar-refractivity contribution in [2.45, 2.75) is 38.1 Å². The van der Waals surface area contributed by atoms with Crippen LogP contribution in [0.4, 0.5) is 0 Å². The minimum Gasteiger partial charge on any atom is -0.324 e. The molecule has 0 bridgehead atoms. The number of aromatic nitrogens is 2. The fourth-order valence-corrected chi connectivity index (χ4v) is 3.63. The second kappa shape index (κ2) is 4.86. The Morgan fingerprint density at radius 3 is 2.94 bits per heavy atom. The molecule has 3 rings (SSSR count). The number of imidazole rings is 1. The molecule has 0 amide bonds. The molecule has 1 aromatic carbocycles. The van der Waals surface area contributed by atoms with Crippen LogP contribution in [0.2, 0.25) is 0 Å². The highest BCUT2D eigenvalue weighted by molar-refractivity contribution is 9.10. The van der Waals surface area contributed by atoms with Gasteiger partial charge in [-0.1, -0.05) is 29.3 Å². The van der Waals surface area contributed by atoms with Gasteiger partial charge in [-0.3, -0.25) is 0 Å². The molecule has 1 saturated carbocycles. The Labute approximate surface area is 120 Å². The molecule has 2 aromatic rings. The van der Waals surface area contributed by atoms with Gasteiger partial charge in [0.2, 0.25) is 0 Å². The number of fused-ring (bicyclic) bond motifs is 1. The standard InChI is InChI=1S/C14H16BrClN2/c1-9-3-2-4-12(9)18-13-6-5-10(15)7-11(13)17-14(18)8-16/h5-7,9,12H,2-4,8H2,1H3. The molecule has 0 saturated heterocycles. The van der Waals surface area contributed by atoms with Gasteiger partial charge in [0.1, 0.15) is 5.82 Å². The van der Waals surface area contributed by atoms with Crippen molar-refractivity contribution in [3.8, 4) is 0 Å². The van der Waals surface area contributed by atoms with Gasteiger partial charge in [-0.25, -0.2) is 4.98 Å². The van der Waals surface area contributed by atoms with Gasteiger partial charge in [-0.2, -0.15) is 0 Å². The molecule has 0 spiro atoms. The summed E-state index contributed by atoms with van der Waals surface area (Å²) in [5.74, 6) is 2.20. The van der Waals surface area contributed by atoms with E-state index >= 15 is 0 Å². The van der Waals surface area contributed by atoms with Gasteiger partial charge in [-0.05, 0) is 37.0 Å². The fourth-order valence-electron chi connectivity index (χ4n) is 3.10. The van der Waals surface area contributed by atoms with Crippen molar-refractivity contribution >= 4 is 38.6 Å². The van der Waals surface area contributed by atoms with Crippen LogP contribution in [0.25, 0.3) is 11.0 Å². The molecule has 1 aliphatic rings. The molecule has 18 heavy (non-hydrogen) atoms. The van der Waals surface area contributed by atoms with Crippen LogP contribution in [0.15, 0.2) is 22.7 Å². The van der Waals surface area contributed by atoms with E-state index in [9.17, 15) is 0 Å². The van der Waals surface area contributed by atoms with Crippen LogP contribution in [-0.4, -0.2) is 9.55 Å². The van der Waals surface area contributed by atoms with Crippen molar-refractivity contribution in [3.63, 3.8) is 0 Å². The molecule has 2 nitrogen and oxygen atoms in total. The number of benzene rings is 1. The van der Waals surface area contributed by atoms with E-state index in [1.807, 2.05) is 0 Å². The van der Waals surface area contributed by atoms with Gasteiger partial charge in [0, 0.05) is 10.5 Å². The molecule has 0 aliphatic heterocycles. The summed E-state index contributed by atoms with van der Waals surface area (Å²) in [7, 11) is 0. The van der Waals surface area contributed by atoms with Crippen LogP contribution in [0.3, 0.4) is 0 Å². The van der Waals surface area contributed by atoms with Crippen LogP contribution < -0.4 is 0 Å². The van der Waals surface area contributed by atoms with Crippen molar-refractivity contribution in [3.05, 3.63) is 28.5 Å². The summed E-state index contributed by atoms with van der Waals surface area (Å²) in [4.78, 5) is 4.67. The second-order valence-corrected chi connectivity index (χ2v) is 6.32. The Balaban J connectivity index is 2.19. The Morgan fingerprint density at radius 2 is 2.28 bits per heavy atom. The lowest BCUT2D eigenvalue weighted by Gasteiger charge is -2.20. The van der Waals surface area contributed by atoms with Crippen molar-refractivity contribution in [2.75, 3.05) is 0 Å². The molecule has 2 atom stereocenters. The molecule has 0 N–H and O–H groups in total. The number of nitrogens with zero attached hydrogens (tertiary/aromatic N) is 2. The maximum atomic E-state index is 6.07. The van der Waals surface area contributed by atoms with Crippen molar-refractivity contribution in [2.24, 2.45) is 5.92 Å². The third-order valence-corrected chi connectivity index (χ3v) is 4.72. The molecule has 2 unspecified atom stereocenters. The zero-order valence-electron chi connectivity index (χ0n) is 10.4. The minimum atomic E-state index is 0.482. The Morgan fingerprint density at radius 1 is 1.44 bits per heavy atom. The van der Waals surface area contributed by atoms with Gasteiger partial charge < -0.3 is 4.57 Å². The first-order valence-corrected chi connectivity index (χ1v) is 7.76. The summed E-state index contributed by atoms with van der Waals surface area (Å²) >= 11 is 9.58. The van der Waals surface area contributed by atoms with Gasteiger partial charge in [-0.15, -0.1) is 11.6 Å². The van der Waals surface area contributed by atoms with E-state index in [1.165, 1.54) is 24.8 Å². The summed E-state index contributed by atoms with van der Waals surface area (Å²) in [6.07, 6.45) is 3.86. The summed E-state index contributed by atoms with van der Waals surface area (Å²) in [6, 6.07) is 6.86. The Bertz CT molecular complexity index is 578. The maximum absolute atomic E-state index is 6.07. The molecular weight excluding hydrogens is 312 g/mol. The lowest BCUT2D eigenvalue weighted by molar-refractivity contribution is 0.408. The highest BCUT2D eigenvalue weighted by Crippen LogP contribution is 2.38. The zero-order valence-corrected chi connectivity index (χ0v) is 12.7. The topological polar surface area (TPSA) is 17.8 Å². The lowest BCUT2D eigenvalue weighted by Crippen LogP contribution is -2.14. The van der Waals surface area contributed by atoms with Crippen LogP contribution in [0.5, 0.6) is 0 Å². The Kier molecular flexibility index (Phi) is 3.37. The van der Waals surface area contributed by atoms with E-state index in [4.69, 9.17) is 11.6 Å². The van der Waals surface area contributed by atoms with Crippen LogP contribution in [-0.2, 0) is 5.88 Å². The molecule has 1 fully saturated rings. The summed E-state index contributed by atoms with van der Waals surface area (Å²) in [5.41, 5.74) is 2.26. The van der Waals surface area contributed by atoms with Gasteiger partial charge in [0.15, 0.2) is 0 Å². The van der Waals surface area contributed by atoms with Crippen LogP contribution >= 0.6 is 27.5 Å².